The second-order valence-electron chi connectivity index (χ2n) is 8.10. The first-order chi connectivity index (χ1) is 15.4. The molecule has 0 bridgehead atoms. The Hall–Kier alpha value is -2.53. The number of phenolic OH excluding ortho intramolecular Hbond substituents is 1. The van der Waals surface area contributed by atoms with Crippen LogP contribution in [-0.4, -0.2) is 61.5 Å². The Bertz CT molecular complexity index is 1150. The second kappa shape index (κ2) is 9.02. The Kier molecular flexibility index (Phi) is 6.45. The van der Waals surface area contributed by atoms with Crippen molar-refractivity contribution in [3.8, 4) is 5.75 Å². The van der Waals surface area contributed by atoms with Crippen molar-refractivity contribution in [1.29, 1.82) is 0 Å². The third-order valence-electron chi connectivity index (χ3n) is 6.32. The summed E-state index contributed by atoms with van der Waals surface area (Å²) in [5, 5.41) is 21.6. The molecule has 9 nitrogen and oxygen atoms in total. The molecule has 3 aliphatic rings. The summed E-state index contributed by atoms with van der Waals surface area (Å²) in [6.45, 7) is 0.328. The molecule has 166 valence electrons. The largest absolute Gasteiger partial charge is 1.00 e. The van der Waals surface area contributed by atoms with Crippen LogP contribution in [0.2, 0.25) is 0 Å². The van der Waals surface area contributed by atoms with Gasteiger partial charge >= 0.3 is 41.6 Å². The molecule has 1 unspecified atom stereocenters. The zero-order chi connectivity index (χ0) is 22.6. The monoisotopic (exact) mass is 476 g/mol. The molecule has 1 aromatic carbocycles. The van der Waals surface area contributed by atoms with E-state index in [1.807, 2.05) is 0 Å². The molecule has 2 saturated heterocycles. The van der Waals surface area contributed by atoms with Gasteiger partial charge in [0.25, 0.3) is 5.91 Å². The van der Waals surface area contributed by atoms with Crippen LogP contribution in [0.3, 0.4) is 0 Å². The minimum atomic E-state index is -1.18. The molecule has 0 aliphatic carbocycles. The van der Waals surface area contributed by atoms with Crippen molar-refractivity contribution < 1.29 is 55.6 Å². The number of amides is 3. The van der Waals surface area contributed by atoms with Crippen LogP contribution in [0.4, 0.5) is 10.5 Å². The van der Waals surface area contributed by atoms with Gasteiger partial charge in [-0.25, -0.2) is 9.59 Å². The maximum atomic E-state index is 13.0. The zero-order valence-electron chi connectivity index (χ0n) is 18.8. The van der Waals surface area contributed by atoms with Gasteiger partial charge in [0.2, 0.25) is 0 Å². The number of carbonyl (C=O) groups is 3. The van der Waals surface area contributed by atoms with Crippen molar-refractivity contribution in [2.24, 2.45) is 5.92 Å². The quantitative estimate of drug-likeness (QED) is 0.202. The van der Waals surface area contributed by atoms with E-state index in [9.17, 15) is 24.6 Å². The number of hydrogen-bond donors (Lipinski definition) is 4. The number of carboxylic acids is 1. The Morgan fingerprint density at radius 3 is 2.48 bits per heavy atom. The molecule has 0 saturated carbocycles. The molecular formula is C22H21N4NaO5S. The van der Waals surface area contributed by atoms with E-state index in [1.165, 1.54) is 21.9 Å². The second-order valence-corrected chi connectivity index (χ2v) is 8.62. The van der Waals surface area contributed by atoms with Crippen LogP contribution in [0.15, 0.2) is 60.1 Å². The first-order valence-corrected chi connectivity index (χ1v) is 10.6. The number of nitrogens with zero attached hydrogens (tertiary/aromatic N) is 3. The number of rotatable bonds is 4. The van der Waals surface area contributed by atoms with Gasteiger partial charge in [0, 0.05) is 30.5 Å². The van der Waals surface area contributed by atoms with Crippen LogP contribution in [0, 0.1) is 5.92 Å². The third-order valence-corrected chi connectivity index (χ3v) is 6.93. The first kappa shape index (κ1) is 23.6. The minimum Gasteiger partial charge on any atom is -1.00 e. The minimum absolute atomic E-state index is 0. The van der Waals surface area contributed by atoms with Gasteiger partial charge in [-0.15, -0.1) is 0 Å². The summed E-state index contributed by atoms with van der Waals surface area (Å²) in [5.74, 6) is -1.58. The number of anilines is 1. The number of carboxylic acid groups (broad SMARTS) is 1. The number of nitrogens with one attached hydrogen (secondary N) is 1. The van der Waals surface area contributed by atoms with Gasteiger partial charge in [-0.05, 0) is 54.0 Å². The van der Waals surface area contributed by atoms with Crippen molar-refractivity contribution >= 4 is 36.2 Å². The number of aliphatic carboxylic acids is 1. The van der Waals surface area contributed by atoms with Crippen molar-refractivity contribution in [2.75, 3.05) is 11.9 Å². The average Bonchev–Trinajstić information content (AvgIpc) is 3.16. The van der Waals surface area contributed by atoms with Crippen molar-refractivity contribution in [3.05, 3.63) is 65.6 Å². The van der Waals surface area contributed by atoms with Crippen LogP contribution in [-0.2, 0) is 9.59 Å². The number of likely N-dealkylation sites (tertiary alicyclic amines) is 1. The third kappa shape index (κ3) is 3.90. The zero-order valence-corrected chi connectivity index (χ0v) is 20.6. The summed E-state index contributed by atoms with van der Waals surface area (Å²) in [7, 11) is 0. The van der Waals surface area contributed by atoms with Crippen molar-refractivity contribution in [3.63, 3.8) is 0 Å². The molecule has 3 aliphatic heterocycles. The summed E-state index contributed by atoms with van der Waals surface area (Å²) < 4.78 is 0. The molecule has 2 fully saturated rings. The smallest absolute Gasteiger partial charge is 1.00 e. The predicted octanol–water partition coefficient (Wildman–Crippen LogP) is -0.640. The van der Waals surface area contributed by atoms with E-state index < -0.39 is 29.2 Å². The van der Waals surface area contributed by atoms with Crippen LogP contribution in [0.25, 0.3) is 0 Å². The average molecular weight is 476 g/mol. The van der Waals surface area contributed by atoms with Gasteiger partial charge in [-0.3, -0.25) is 14.7 Å². The Morgan fingerprint density at radius 2 is 1.85 bits per heavy atom. The Morgan fingerprint density at radius 1 is 1.18 bits per heavy atom. The van der Waals surface area contributed by atoms with E-state index in [0.717, 1.165) is 5.56 Å². The summed E-state index contributed by atoms with van der Waals surface area (Å²) in [5.41, 5.74) is 1.80. The topological polar surface area (TPSA) is 123 Å². The van der Waals surface area contributed by atoms with Gasteiger partial charge in [-0.2, -0.15) is 12.6 Å². The maximum absolute atomic E-state index is 13.0. The van der Waals surface area contributed by atoms with E-state index in [2.05, 4.69) is 22.9 Å². The van der Waals surface area contributed by atoms with E-state index in [4.69, 9.17) is 0 Å². The summed E-state index contributed by atoms with van der Waals surface area (Å²) in [6.07, 6.45) is 3.65. The Balaban J connectivity index is 0.00000162. The molecule has 3 amide bonds. The van der Waals surface area contributed by atoms with Gasteiger partial charge in [-0.1, -0.05) is 0 Å². The molecule has 3 N–H and O–H groups in total. The number of phenols is 1. The number of thiol groups is 1. The Labute approximate surface area is 218 Å². The molecule has 2 aromatic rings. The predicted molar refractivity (Wildman–Crippen MR) is 118 cm³/mol. The molecule has 0 spiro atoms. The van der Waals surface area contributed by atoms with Gasteiger partial charge in [0.05, 0.1) is 11.3 Å². The molecule has 0 radical (unpaired) electrons. The van der Waals surface area contributed by atoms with E-state index in [1.54, 1.807) is 36.7 Å². The van der Waals surface area contributed by atoms with Crippen LogP contribution < -0.4 is 34.9 Å². The van der Waals surface area contributed by atoms with Crippen LogP contribution in [0.5, 0.6) is 5.75 Å². The van der Waals surface area contributed by atoms with Crippen LogP contribution >= 0.6 is 12.6 Å². The van der Waals surface area contributed by atoms with E-state index >= 15 is 0 Å². The fourth-order valence-corrected chi connectivity index (χ4v) is 5.31. The molecule has 4 heterocycles. The molecule has 5 rings (SSSR count). The number of urea groups is 1. The number of carbonyl (C=O) groups excluding carboxylic acids is 2. The number of hydrogen-bond acceptors (Lipinski definition) is 6. The maximum Gasteiger partial charge on any atom is 1.00 e. The van der Waals surface area contributed by atoms with Gasteiger partial charge in [0.15, 0.2) is 0 Å². The summed E-state index contributed by atoms with van der Waals surface area (Å²) in [4.78, 5) is 44.9. The fraction of sp³-hybridized carbons (Fsp3) is 0.273. The summed E-state index contributed by atoms with van der Waals surface area (Å²) >= 11 is 4.67. The number of pyridine rings is 1. The molecule has 11 heteroatoms. The molecular weight excluding hydrogens is 455 g/mol. The van der Waals surface area contributed by atoms with E-state index in [0.29, 0.717) is 24.2 Å². The fourth-order valence-electron chi connectivity index (χ4n) is 4.91. The number of aromatic hydroxyl groups is 1. The molecule has 1 aromatic heterocycles. The summed E-state index contributed by atoms with van der Waals surface area (Å²) in [6, 6.07) is 8.09. The van der Waals surface area contributed by atoms with E-state index in [-0.39, 0.29) is 54.4 Å². The standard InChI is InChI=1S/C22H20N4O5S.Na.H/c27-14-3-1-13(2-4-14)24-22(31)25-10-12-9-15(19(32)11-5-7-23-8-6-11)17(21(29)30)26-16(12)18(25)20(26)28;;/h1-8,12,16,18-19,27,32H,9-10H2,(H,24,31)(H,29,30);;/q;+1;-1/t12-,16-,18+,19?;;/m1../s1. The number of benzene rings is 1. The number of β-lactam (4-membered cyclic amide) rings is 1. The first-order valence-electron chi connectivity index (χ1n) is 10.1. The number of aromatic nitrogens is 1. The van der Waals surface area contributed by atoms with Gasteiger partial charge in [0.1, 0.15) is 17.5 Å². The SMILES string of the molecule is O=C(O)C1=C(C(S)c2ccncc2)C[C@@H]2CN(C(=O)Nc3ccc(O)cc3)[C@@H]3C(=O)N1[C@H]23.[H-].[Na+]. The molecule has 4 atom stereocenters. The van der Waals surface area contributed by atoms with Gasteiger partial charge < -0.3 is 21.9 Å². The normalized spacial score (nSPS) is 23.9. The van der Waals surface area contributed by atoms with Crippen molar-refractivity contribution in [2.45, 2.75) is 23.8 Å². The van der Waals surface area contributed by atoms with Crippen LogP contribution in [0.1, 0.15) is 18.7 Å². The molecule has 33 heavy (non-hydrogen) atoms. The van der Waals surface area contributed by atoms with Crippen molar-refractivity contribution in [1.82, 2.24) is 14.8 Å².